The Labute approximate surface area is 215 Å². The maximum absolute atomic E-state index is 13.0. The minimum atomic E-state index is -3.81. The smallest absolute Gasteiger partial charge is 0.322 e. The lowest BCUT2D eigenvalue weighted by molar-refractivity contribution is -0.141. The van der Waals surface area contributed by atoms with Gasteiger partial charge in [-0.15, -0.1) is 11.3 Å². The fourth-order valence-electron chi connectivity index (χ4n) is 4.38. The van der Waals surface area contributed by atoms with E-state index in [1.165, 1.54) is 22.5 Å². The number of hydrogen-bond donors (Lipinski definition) is 1. The lowest BCUT2D eigenvalue weighted by Gasteiger charge is -2.21. The first kappa shape index (κ1) is 24.2. The highest BCUT2D eigenvalue weighted by Gasteiger charge is 2.43. The number of nitrogens with zero attached hydrogens (tertiary/aromatic N) is 1. The van der Waals surface area contributed by atoms with E-state index in [0.29, 0.717) is 4.88 Å². The first-order chi connectivity index (χ1) is 17.4. The van der Waals surface area contributed by atoms with Gasteiger partial charge in [-0.25, -0.2) is 8.42 Å². The summed E-state index contributed by atoms with van der Waals surface area (Å²) >= 11 is 1.40. The zero-order chi connectivity index (χ0) is 25.3. The van der Waals surface area contributed by atoms with Crippen LogP contribution in [-0.2, 0) is 21.4 Å². The molecular formula is C29H25NO4S2. The van der Waals surface area contributed by atoms with Crippen LogP contribution in [0.1, 0.15) is 29.3 Å². The van der Waals surface area contributed by atoms with E-state index in [-0.39, 0.29) is 17.9 Å². The number of hydrogen-bond acceptors (Lipinski definition) is 4. The minimum Gasteiger partial charge on any atom is -0.480 e. The summed E-state index contributed by atoms with van der Waals surface area (Å²) in [5, 5.41) is 9.41. The van der Waals surface area contributed by atoms with Crippen LogP contribution in [0.4, 0.5) is 0 Å². The summed E-state index contributed by atoms with van der Waals surface area (Å²) < 4.78 is 27.0. The summed E-state index contributed by atoms with van der Waals surface area (Å²) in [7, 11) is -3.81. The van der Waals surface area contributed by atoms with Gasteiger partial charge in [0.15, 0.2) is 0 Å². The molecular weight excluding hydrogens is 490 g/mol. The third-order valence-corrected chi connectivity index (χ3v) is 9.58. The van der Waals surface area contributed by atoms with Gasteiger partial charge in [0.25, 0.3) is 0 Å². The topological polar surface area (TPSA) is 74.7 Å². The van der Waals surface area contributed by atoms with Crippen LogP contribution in [0.15, 0.2) is 89.8 Å². The van der Waals surface area contributed by atoms with Crippen molar-refractivity contribution in [2.75, 3.05) is 0 Å². The number of thiophene rings is 1. The average Bonchev–Trinajstić information content (AvgIpc) is 3.42. The van der Waals surface area contributed by atoms with Crippen molar-refractivity contribution >= 4 is 39.5 Å². The molecule has 2 heterocycles. The summed E-state index contributed by atoms with van der Waals surface area (Å²) in [5.74, 6) is -1.12. The van der Waals surface area contributed by atoms with E-state index < -0.39 is 22.0 Å². The lowest BCUT2D eigenvalue weighted by atomic mass is 10.0. The van der Waals surface area contributed by atoms with E-state index in [9.17, 15) is 18.3 Å². The average molecular weight is 516 g/mol. The Hall–Kier alpha value is -3.52. The van der Waals surface area contributed by atoms with Crippen LogP contribution in [0, 0.1) is 0 Å². The predicted molar refractivity (Wildman–Crippen MR) is 145 cm³/mol. The van der Waals surface area contributed by atoms with Gasteiger partial charge in [-0.1, -0.05) is 97.9 Å². The van der Waals surface area contributed by atoms with Crippen molar-refractivity contribution in [2.45, 2.75) is 30.8 Å². The molecule has 1 atom stereocenters. The quantitative estimate of drug-likeness (QED) is 0.281. The fraction of sp³-hybridized carbons (Fsp3) is 0.138. The summed E-state index contributed by atoms with van der Waals surface area (Å²) in [6.07, 6.45) is 4.34. The molecule has 3 aromatic carbocycles. The SMILES string of the molecule is CCC(C(=O)O)N1Cc2sc(-c3ccc(C=Cc4ccc(-c5ccccc5)cc4)cc3)cc2S1(=O)=O. The molecule has 7 heteroatoms. The van der Waals surface area contributed by atoms with Gasteiger partial charge < -0.3 is 5.11 Å². The lowest BCUT2D eigenvalue weighted by Crippen LogP contribution is -2.40. The molecule has 182 valence electrons. The molecule has 0 bridgehead atoms. The predicted octanol–water partition coefficient (Wildman–Crippen LogP) is 6.62. The third kappa shape index (κ3) is 4.65. The number of benzene rings is 3. The maximum atomic E-state index is 13.0. The van der Waals surface area contributed by atoms with Gasteiger partial charge in [0, 0.05) is 9.75 Å². The standard InChI is InChI=1S/C29H25NO4S2/c1-2-25(29(31)32)30-19-27-28(36(30,33)34)18-26(35-27)24-16-12-21(13-17-24)9-8-20-10-14-23(15-11-20)22-6-4-3-5-7-22/h3-18,25H,2,19H2,1H3,(H,31,32). The first-order valence-corrected chi connectivity index (χ1v) is 13.9. The number of carboxylic acids is 1. The highest BCUT2D eigenvalue weighted by atomic mass is 32.2. The fourth-order valence-corrected chi connectivity index (χ4v) is 7.78. The summed E-state index contributed by atoms with van der Waals surface area (Å²) in [6, 6.07) is 27.3. The first-order valence-electron chi connectivity index (χ1n) is 11.7. The van der Waals surface area contributed by atoms with Crippen molar-refractivity contribution < 1.29 is 18.3 Å². The van der Waals surface area contributed by atoms with Gasteiger partial charge in [-0.3, -0.25) is 4.79 Å². The summed E-state index contributed by atoms with van der Waals surface area (Å²) in [6.45, 7) is 1.79. The second-order valence-corrected chi connectivity index (χ2v) is 11.6. The van der Waals surface area contributed by atoms with Gasteiger partial charge >= 0.3 is 5.97 Å². The normalized spacial score (nSPS) is 15.7. The molecule has 36 heavy (non-hydrogen) atoms. The highest BCUT2D eigenvalue weighted by molar-refractivity contribution is 7.89. The largest absolute Gasteiger partial charge is 0.480 e. The molecule has 4 aromatic rings. The van der Waals surface area contributed by atoms with E-state index >= 15 is 0 Å². The Kier molecular flexibility index (Phi) is 6.62. The minimum absolute atomic E-state index is 0.108. The molecule has 0 fully saturated rings. The van der Waals surface area contributed by atoms with Crippen molar-refractivity contribution in [3.05, 3.63) is 101 Å². The summed E-state index contributed by atoms with van der Waals surface area (Å²) in [4.78, 5) is 13.3. The van der Waals surface area contributed by atoms with E-state index in [0.717, 1.165) is 25.9 Å². The second-order valence-electron chi connectivity index (χ2n) is 8.65. The van der Waals surface area contributed by atoms with Crippen LogP contribution < -0.4 is 0 Å². The Morgan fingerprint density at radius 3 is 2.00 bits per heavy atom. The van der Waals surface area contributed by atoms with Crippen LogP contribution in [0.5, 0.6) is 0 Å². The molecule has 0 aliphatic carbocycles. The number of rotatable bonds is 7. The molecule has 0 amide bonds. The second kappa shape index (κ2) is 9.85. The Bertz CT molecular complexity index is 1520. The molecule has 5 rings (SSSR count). The van der Waals surface area contributed by atoms with E-state index in [1.807, 2.05) is 42.5 Å². The third-order valence-electron chi connectivity index (χ3n) is 6.36. The van der Waals surface area contributed by atoms with Gasteiger partial charge in [0.2, 0.25) is 10.0 Å². The zero-order valence-corrected chi connectivity index (χ0v) is 21.3. The number of carboxylic acid groups (broad SMARTS) is 1. The van der Waals surface area contributed by atoms with Crippen molar-refractivity contribution in [3.63, 3.8) is 0 Å². The zero-order valence-electron chi connectivity index (χ0n) is 19.7. The highest BCUT2D eigenvalue weighted by Crippen LogP contribution is 2.42. The van der Waals surface area contributed by atoms with Crippen molar-refractivity contribution in [1.29, 1.82) is 0 Å². The van der Waals surface area contributed by atoms with E-state index in [1.54, 1.807) is 13.0 Å². The Morgan fingerprint density at radius 2 is 1.47 bits per heavy atom. The van der Waals surface area contributed by atoms with Crippen LogP contribution in [0.3, 0.4) is 0 Å². The number of aliphatic carboxylic acids is 1. The Morgan fingerprint density at radius 1 is 0.917 bits per heavy atom. The van der Waals surface area contributed by atoms with Crippen LogP contribution in [-0.4, -0.2) is 29.8 Å². The molecule has 1 aliphatic rings. The number of sulfonamides is 1. The van der Waals surface area contributed by atoms with Gasteiger partial charge in [0.05, 0.1) is 11.4 Å². The maximum Gasteiger partial charge on any atom is 0.322 e. The van der Waals surface area contributed by atoms with Crippen molar-refractivity contribution in [2.24, 2.45) is 0 Å². The van der Waals surface area contributed by atoms with Crippen LogP contribution in [0.2, 0.25) is 0 Å². The molecule has 0 saturated carbocycles. The van der Waals surface area contributed by atoms with Gasteiger partial charge in [0.1, 0.15) is 6.04 Å². The molecule has 1 N–H and O–H groups in total. The van der Waals surface area contributed by atoms with Gasteiger partial charge in [-0.05, 0) is 40.3 Å². The molecule has 0 spiro atoms. The Balaban J connectivity index is 1.30. The molecule has 0 radical (unpaired) electrons. The van der Waals surface area contributed by atoms with Gasteiger partial charge in [-0.2, -0.15) is 4.31 Å². The summed E-state index contributed by atoms with van der Waals surface area (Å²) in [5.41, 5.74) is 5.45. The number of carbonyl (C=O) groups is 1. The molecule has 1 aromatic heterocycles. The van der Waals surface area contributed by atoms with E-state index in [2.05, 4.69) is 48.6 Å². The molecule has 1 aliphatic heterocycles. The van der Waals surface area contributed by atoms with Crippen molar-refractivity contribution in [1.82, 2.24) is 4.31 Å². The monoisotopic (exact) mass is 515 g/mol. The van der Waals surface area contributed by atoms with Crippen LogP contribution in [0.25, 0.3) is 33.7 Å². The number of fused-ring (bicyclic) bond motifs is 1. The van der Waals surface area contributed by atoms with E-state index in [4.69, 9.17) is 0 Å². The van der Waals surface area contributed by atoms with Crippen molar-refractivity contribution in [3.8, 4) is 21.6 Å². The molecule has 5 nitrogen and oxygen atoms in total. The molecule has 1 unspecified atom stereocenters. The molecule has 0 saturated heterocycles. The van der Waals surface area contributed by atoms with Crippen LogP contribution >= 0.6 is 11.3 Å².